The second kappa shape index (κ2) is 8.08. The maximum atomic E-state index is 8.69. The van der Waals surface area contributed by atoms with E-state index in [2.05, 4.69) is 12.6 Å². The molecule has 11 heavy (non-hydrogen) atoms. The second-order valence-electron chi connectivity index (χ2n) is 2.79. The summed E-state index contributed by atoms with van der Waals surface area (Å²) in [5.41, 5.74) is 0.444. The molecule has 0 aromatic heterocycles. The molecule has 3 heteroatoms. The van der Waals surface area contributed by atoms with Crippen molar-refractivity contribution in [2.45, 2.75) is 32.1 Å². The predicted molar refractivity (Wildman–Crippen MR) is 49.4 cm³/mol. The van der Waals surface area contributed by atoms with Crippen LogP contribution in [0, 0.1) is 5.92 Å². The quantitative estimate of drug-likeness (QED) is 0.471. The van der Waals surface area contributed by atoms with E-state index in [4.69, 9.17) is 9.90 Å². The van der Waals surface area contributed by atoms with Gasteiger partial charge in [0.1, 0.15) is 0 Å². The average Bonchev–Trinajstić information content (AvgIpc) is 2.08. The summed E-state index contributed by atoms with van der Waals surface area (Å²) < 4.78 is 0. The van der Waals surface area contributed by atoms with Crippen LogP contribution in [-0.4, -0.2) is 17.3 Å². The van der Waals surface area contributed by atoms with E-state index in [0.29, 0.717) is 18.1 Å². The smallest absolute Gasteiger partial charge is 0.173 e. The van der Waals surface area contributed by atoms with Gasteiger partial charge in [-0.1, -0.05) is 19.3 Å². The topological polar surface area (TPSA) is 37.3 Å². The Morgan fingerprint density at radius 3 is 2.09 bits per heavy atom. The van der Waals surface area contributed by atoms with Crippen molar-refractivity contribution >= 4 is 18.2 Å². The first-order valence-corrected chi connectivity index (χ1v) is 4.55. The van der Waals surface area contributed by atoms with Gasteiger partial charge in [-0.3, -0.25) is 4.79 Å². The molecular formula is C8H16O2S. The minimum absolute atomic E-state index is 0.417. The Bertz CT molecular complexity index is 90.1. The van der Waals surface area contributed by atoms with Crippen LogP contribution in [-0.2, 0) is 4.79 Å². The van der Waals surface area contributed by atoms with Crippen molar-refractivity contribution in [1.29, 1.82) is 0 Å². The van der Waals surface area contributed by atoms with Gasteiger partial charge in [0.05, 0.1) is 0 Å². The molecule has 1 N–H and O–H groups in total. The van der Waals surface area contributed by atoms with E-state index in [1.165, 1.54) is 32.1 Å². The van der Waals surface area contributed by atoms with Gasteiger partial charge in [0.15, 0.2) is 5.62 Å². The minimum Gasteiger partial charge on any atom is -0.396 e. The molecule has 0 bridgehead atoms. The number of thiol groups is 1. The van der Waals surface area contributed by atoms with Crippen LogP contribution in [0.1, 0.15) is 32.1 Å². The zero-order valence-electron chi connectivity index (χ0n) is 6.70. The molecule has 0 saturated heterocycles. The highest BCUT2D eigenvalue weighted by atomic mass is 32.1. The van der Waals surface area contributed by atoms with Crippen LogP contribution in [0.4, 0.5) is 0 Å². The summed E-state index contributed by atoms with van der Waals surface area (Å²) in [4.78, 5) is 8.67. The van der Waals surface area contributed by atoms with Crippen molar-refractivity contribution in [1.82, 2.24) is 0 Å². The van der Waals surface area contributed by atoms with Gasteiger partial charge in [-0.15, -0.1) is 12.6 Å². The highest BCUT2D eigenvalue weighted by molar-refractivity contribution is 7.94. The van der Waals surface area contributed by atoms with Crippen LogP contribution in [0.15, 0.2) is 0 Å². The van der Waals surface area contributed by atoms with Crippen LogP contribution in [0.5, 0.6) is 0 Å². The van der Waals surface area contributed by atoms with Gasteiger partial charge in [-0.05, 0) is 18.8 Å². The zero-order chi connectivity index (χ0) is 8.53. The molecule has 0 unspecified atom stereocenters. The minimum atomic E-state index is 0.417. The van der Waals surface area contributed by atoms with Crippen LogP contribution in [0.2, 0.25) is 0 Å². The van der Waals surface area contributed by atoms with Gasteiger partial charge in [0.2, 0.25) is 0 Å². The third-order valence-corrected chi connectivity index (χ3v) is 1.98. The summed E-state index contributed by atoms with van der Waals surface area (Å²) in [6.45, 7) is 0.417. The Labute approximate surface area is 73.4 Å². The molecule has 0 aromatic rings. The first-order valence-electron chi connectivity index (χ1n) is 4.03. The number of carbonyl (C=O) groups is 1. The Morgan fingerprint density at radius 1 is 1.36 bits per heavy atom. The maximum Gasteiger partial charge on any atom is 0.173 e. The Kier molecular flexibility index (Phi) is 8.07. The van der Waals surface area contributed by atoms with E-state index < -0.39 is 0 Å². The molecule has 0 atom stereocenters. The molecule has 66 valence electrons. The summed E-state index contributed by atoms with van der Waals surface area (Å²) >= 11 is 3.11. The summed E-state index contributed by atoms with van der Waals surface area (Å²) in [5, 5.41) is 8.69. The number of carbonyl (C=O) groups excluding carboxylic acids is 1. The van der Waals surface area contributed by atoms with Crippen molar-refractivity contribution in [3.05, 3.63) is 0 Å². The lowest BCUT2D eigenvalue weighted by molar-refractivity contribution is 0.190. The molecule has 0 heterocycles. The molecule has 1 fully saturated rings. The van der Waals surface area contributed by atoms with Crippen LogP contribution in [0.3, 0.4) is 0 Å². The third-order valence-electron chi connectivity index (χ3n) is 1.98. The van der Waals surface area contributed by atoms with E-state index in [-0.39, 0.29) is 0 Å². The summed E-state index contributed by atoms with van der Waals surface area (Å²) in [5.74, 6) is 0.642. The lowest BCUT2D eigenvalue weighted by Gasteiger charge is -2.18. The molecule has 1 saturated carbocycles. The fourth-order valence-electron chi connectivity index (χ4n) is 1.37. The molecule has 0 radical (unpaired) electrons. The van der Waals surface area contributed by atoms with Crippen LogP contribution in [0.25, 0.3) is 0 Å². The van der Waals surface area contributed by atoms with Crippen molar-refractivity contribution < 1.29 is 9.90 Å². The Hall–Kier alpha value is -0.0200. The fourth-order valence-corrected chi connectivity index (χ4v) is 1.37. The zero-order valence-corrected chi connectivity index (χ0v) is 7.59. The van der Waals surface area contributed by atoms with Crippen molar-refractivity contribution in [2.75, 3.05) is 6.61 Å². The number of aliphatic hydroxyl groups excluding tert-OH is 1. The van der Waals surface area contributed by atoms with Crippen molar-refractivity contribution in [3.8, 4) is 0 Å². The molecule has 0 amide bonds. The first-order chi connectivity index (χ1) is 5.35. The highest BCUT2D eigenvalue weighted by Crippen LogP contribution is 2.22. The highest BCUT2D eigenvalue weighted by Gasteiger charge is 2.10. The predicted octanol–water partition coefficient (Wildman–Crippen LogP) is 1.67. The van der Waals surface area contributed by atoms with Crippen LogP contribution >= 0.6 is 12.6 Å². The van der Waals surface area contributed by atoms with E-state index in [0.717, 1.165) is 0 Å². The molecule has 2 nitrogen and oxygen atoms in total. The Morgan fingerprint density at radius 2 is 1.82 bits per heavy atom. The SMILES string of the molecule is O=CS.OCC1CCCCC1. The number of rotatable bonds is 1. The van der Waals surface area contributed by atoms with E-state index >= 15 is 0 Å². The molecule has 1 aliphatic carbocycles. The van der Waals surface area contributed by atoms with Crippen LogP contribution < -0.4 is 0 Å². The molecule has 0 spiro atoms. The van der Waals surface area contributed by atoms with Crippen molar-refractivity contribution in [3.63, 3.8) is 0 Å². The summed E-state index contributed by atoms with van der Waals surface area (Å²) in [6.07, 6.45) is 6.58. The molecule has 0 aromatic carbocycles. The van der Waals surface area contributed by atoms with Gasteiger partial charge in [-0.2, -0.15) is 0 Å². The molecule has 1 aliphatic rings. The Balaban J connectivity index is 0.000000292. The molecule has 0 aliphatic heterocycles. The average molecular weight is 176 g/mol. The molecular weight excluding hydrogens is 160 g/mol. The standard InChI is InChI=1S/C7H14O.CH2OS/c8-6-7-4-2-1-3-5-7;2-1-3/h7-8H,1-6H2;1H,(H,2,3). The fraction of sp³-hybridized carbons (Fsp3) is 0.875. The maximum absolute atomic E-state index is 8.69. The number of hydrogen-bond acceptors (Lipinski definition) is 2. The van der Waals surface area contributed by atoms with Crippen molar-refractivity contribution in [2.24, 2.45) is 5.92 Å². The van der Waals surface area contributed by atoms with Gasteiger partial charge in [0, 0.05) is 6.61 Å². The largest absolute Gasteiger partial charge is 0.396 e. The first kappa shape index (κ1) is 11.0. The summed E-state index contributed by atoms with van der Waals surface area (Å²) in [6, 6.07) is 0. The lowest BCUT2D eigenvalue weighted by atomic mass is 9.90. The lowest BCUT2D eigenvalue weighted by Crippen LogP contribution is -2.09. The molecule has 1 rings (SSSR count). The monoisotopic (exact) mass is 176 g/mol. The van der Waals surface area contributed by atoms with Gasteiger partial charge in [-0.25, -0.2) is 0 Å². The van der Waals surface area contributed by atoms with Gasteiger partial charge in [0.25, 0.3) is 0 Å². The summed E-state index contributed by atoms with van der Waals surface area (Å²) in [7, 11) is 0. The normalized spacial score (nSPS) is 18.4. The van der Waals surface area contributed by atoms with E-state index in [9.17, 15) is 0 Å². The number of hydrogen-bond donors (Lipinski definition) is 2. The van der Waals surface area contributed by atoms with Gasteiger partial charge >= 0.3 is 0 Å². The van der Waals surface area contributed by atoms with E-state index in [1.807, 2.05) is 0 Å². The second-order valence-corrected chi connectivity index (χ2v) is 3.00. The van der Waals surface area contributed by atoms with Gasteiger partial charge < -0.3 is 5.11 Å². The third kappa shape index (κ3) is 6.38. The van der Waals surface area contributed by atoms with E-state index in [1.54, 1.807) is 0 Å². The number of aliphatic hydroxyl groups is 1.